The van der Waals surface area contributed by atoms with E-state index in [0.29, 0.717) is 17.5 Å². The largest absolute Gasteiger partial charge is 0.465 e. The van der Waals surface area contributed by atoms with Gasteiger partial charge in [-0.3, -0.25) is 0 Å². The Balaban J connectivity index is 3.35. The maximum atomic E-state index is 11.4. The van der Waals surface area contributed by atoms with Crippen molar-refractivity contribution < 1.29 is 9.53 Å². The molecule has 15 heavy (non-hydrogen) atoms. The predicted molar refractivity (Wildman–Crippen MR) is 56.6 cm³/mol. The van der Waals surface area contributed by atoms with Gasteiger partial charge in [-0.05, 0) is 36.6 Å². The smallest absolute Gasteiger partial charge is 0.338 e. The number of methoxy groups -OCH3 is 1. The molecule has 3 nitrogen and oxygen atoms in total. The number of carbonyl (C=O) groups is 1. The molecule has 0 N–H and O–H groups in total. The number of nitrogens with zero attached hydrogens (tertiary/aromatic N) is 1. The fourth-order valence-electron chi connectivity index (χ4n) is 1.47. The van der Waals surface area contributed by atoms with Crippen molar-refractivity contribution in [1.82, 2.24) is 0 Å². The lowest BCUT2D eigenvalue weighted by Crippen LogP contribution is -2.06. The molecule has 0 aliphatic rings. The third-order valence-corrected chi connectivity index (χ3v) is 2.36. The number of aryl methyl sites for hydroxylation is 2. The van der Waals surface area contributed by atoms with E-state index < -0.39 is 0 Å². The molecule has 1 rings (SSSR count). The van der Waals surface area contributed by atoms with Crippen LogP contribution in [0.25, 0.3) is 0 Å². The maximum Gasteiger partial charge on any atom is 0.338 e. The minimum atomic E-state index is -0.348. The molecule has 1 aromatic carbocycles. The van der Waals surface area contributed by atoms with E-state index in [2.05, 4.69) is 10.8 Å². The van der Waals surface area contributed by atoms with E-state index in [0.717, 1.165) is 11.1 Å². The summed E-state index contributed by atoms with van der Waals surface area (Å²) in [6.07, 6.45) is 0.708. The number of nitriles is 1. The summed E-state index contributed by atoms with van der Waals surface area (Å²) in [5.41, 5.74) is 2.81. The van der Waals surface area contributed by atoms with Crippen LogP contribution in [-0.2, 0) is 11.2 Å². The van der Waals surface area contributed by atoms with E-state index >= 15 is 0 Å². The van der Waals surface area contributed by atoms with Gasteiger partial charge in [0.25, 0.3) is 0 Å². The van der Waals surface area contributed by atoms with Crippen molar-refractivity contribution in [3.05, 3.63) is 34.4 Å². The lowest BCUT2D eigenvalue weighted by Gasteiger charge is -2.08. The highest BCUT2D eigenvalue weighted by Crippen LogP contribution is 2.17. The number of rotatable bonds is 2. The molecule has 0 saturated heterocycles. The molecule has 0 aromatic heterocycles. The van der Waals surface area contributed by atoms with Crippen LogP contribution in [-0.4, -0.2) is 13.1 Å². The number of benzene rings is 1. The van der Waals surface area contributed by atoms with Crippen LogP contribution in [0.5, 0.6) is 0 Å². The summed E-state index contributed by atoms with van der Waals surface area (Å²) in [6.45, 7) is 3.75. The molecule has 78 valence electrons. The fraction of sp³-hybridized carbons (Fsp3) is 0.333. The highest BCUT2D eigenvalue weighted by Gasteiger charge is 2.13. The lowest BCUT2D eigenvalue weighted by atomic mass is 9.98. The Labute approximate surface area is 89.3 Å². The Morgan fingerprint density at radius 2 is 2.20 bits per heavy atom. The molecule has 0 bridgehead atoms. The van der Waals surface area contributed by atoms with Gasteiger partial charge in [-0.1, -0.05) is 6.92 Å². The van der Waals surface area contributed by atoms with Gasteiger partial charge < -0.3 is 4.74 Å². The second-order valence-corrected chi connectivity index (χ2v) is 3.28. The van der Waals surface area contributed by atoms with Crippen molar-refractivity contribution >= 4 is 5.97 Å². The minimum Gasteiger partial charge on any atom is -0.465 e. The van der Waals surface area contributed by atoms with Crippen LogP contribution < -0.4 is 0 Å². The topological polar surface area (TPSA) is 50.1 Å². The van der Waals surface area contributed by atoms with Gasteiger partial charge in [-0.25, -0.2) is 4.79 Å². The van der Waals surface area contributed by atoms with E-state index in [9.17, 15) is 4.79 Å². The van der Waals surface area contributed by atoms with Gasteiger partial charge in [0.1, 0.15) is 0 Å². The zero-order valence-electron chi connectivity index (χ0n) is 9.13. The van der Waals surface area contributed by atoms with Crippen LogP contribution in [0.15, 0.2) is 12.1 Å². The Kier molecular flexibility index (Phi) is 3.46. The summed E-state index contributed by atoms with van der Waals surface area (Å²) < 4.78 is 4.69. The summed E-state index contributed by atoms with van der Waals surface area (Å²) in [5.74, 6) is -0.348. The van der Waals surface area contributed by atoms with Gasteiger partial charge in [-0.2, -0.15) is 5.26 Å². The van der Waals surface area contributed by atoms with E-state index in [1.165, 1.54) is 7.11 Å². The number of hydrogen-bond acceptors (Lipinski definition) is 3. The Bertz CT molecular complexity index is 430. The quantitative estimate of drug-likeness (QED) is 0.692. The van der Waals surface area contributed by atoms with E-state index in [-0.39, 0.29) is 5.97 Å². The zero-order chi connectivity index (χ0) is 11.4. The fourth-order valence-corrected chi connectivity index (χ4v) is 1.47. The summed E-state index contributed by atoms with van der Waals surface area (Å²) in [6, 6.07) is 5.57. The first-order chi connectivity index (χ1) is 7.13. The van der Waals surface area contributed by atoms with Gasteiger partial charge in [0.05, 0.1) is 24.3 Å². The molecule has 1 aromatic rings. The molecule has 0 aliphatic heterocycles. The third kappa shape index (κ3) is 2.16. The van der Waals surface area contributed by atoms with Crippen molar-refractivity contribution in [3.8, 4) is 6.07 Å². The standard InChI is InChI=1S/C12H13NO2/c1-4-9-6-10(7-13)8(2)5-11(9)12(14)15-3/h5-6H,4H2,1-3H3. The van der Waals surface area contributed by atoms with Crippen LogP contribution in [0.1, 0.15) is 34.0 Å². The van der Waals surface area contributed by atoms with Gasteiger partial charge >= 0.3 is 5.97 Å². The first kappa shape index (κ1) is 11.3. The highest BCUT2D eigenvalue weighted by molar-refractivity contribution is 5.91. The van der Waals surface area contributed by atoms with Crippen molar-refractivity contribution in [1.29, 1.82) is 5.26 Å². The molecule has 0 atom stereocenters. The molecule has 0 heterocycles. The first-order valence-corrected chi connectivity index (χ1v) is 4.76. The summed E-state index contributed by atoms with van der Waals surface area (Å²) in [7, 11) is 1.36. The van der Waals surface area contributed by atoms with Gasteiger partial charge in [0, 0.05) is 0 Å². The number of hydrogen-bond donors (Lipinski definition) is 0. The minimum absolute atomic E-state index is 0.348. The molecule has 3 heteroatoms. The maximum absolute atomic E-state index is 11.4. The van der Waals surface area contributed by atoms with Crippen LogP contribution in [0, 0.1) is 18.3 Å². The average molecular weight is 203 g/mol. The van der Waals surface area contributed by atoms with Crippen LogP contribution >= 0.6 is 0 Å². The predicted octanol–water partition coefficient (Wildman–Crippen LogP) is 2.22. The average Bonchev–Trinajstić information content (AvgIpc) is 2.27. The first-order valence-electron chi connectivity index (χ1n) is 4.76. The molecule has 0 fully saturated rings. The summed E-state index contributed by atoms with van der Waals surface area (Å²) in [5, 5.41) is 8.86. The normalized spacial score (nSPS) is 9.47. The molecular formula is C12H13NO2. The second-order valence-electron chi connectivity index (χ2n) is 3.28. The Hall–Kier alpha value is -1.82. The zero-order valence-corrected chi connectivity index (χ0v) is 9.13. The molecule has 0 radical (unpaired) electrons. The van der Waals surface area contributed by atoms with E-state index in [4.69, 9.17) is 5.26 Å². The van der Waals surface area contributed by atoms with Gasteiger partial charge in [-0.15, -0.1) is 0 Å². The molecular weight excluding hydrogens is 190 g/mol. The second kappa shape index (κ2) is 4.61. The summed E-state index contributed by atoms with van der Waals surface area (Å²) >= 11 is 0. The SMILES string of the molecule is CCc1cc(C#N)c(C)cc1C(=O)OC. The van der Waals surface area contributed by atoms with Crippen LogP contribution in [0.3, 0.4) is 0 Å². The molecule has 0 aliphatic carbocycles. The van der Waals surface area contributed by atoms with Crippen molar-refractivity contribution in [2.24, 2.45) is 0 Å². The molecule has 0 unspecified atom stereocenters. The number of esters is 1. The Morgan fingerprint density at radius 3 is 2.67 bits per heavy atom. The Morgan fingerprint density at radius 1 is 1.53 bits per heavy atom. The van der Waals surface area contributed by atoms with Gasteiger partial charge in [0.2, 0.25) is 0 Å². The molecule has 0 saturated carbocycles. The summed E-state index contributed by atoms with van der Waals surface area (Å²) in [4.78, 5) is 11.4. The number of ether oxygens (including phenoxy) is 1. The van der Waals surface area contributed by atoms with Crippen LogP contribution in [0.2, 0.25) is 0 Å². The highest BCUT2D eigenvalue weighted by atomic mass is 16.5. The van der Waals surface area contributed by atoms with Crippen molar-refractivity contribution in [2.75, 3.05) is 7.11 Å². The molecule has 0 spiro atoms. The number of carbonyl (C=O) groups excluding carboxylic acids is 1. The molecule has 0 amide bonds. The van der Waals surface area contributed by atoms with Crippen molar-refractivity contribution in [3.63, 3.8) is 0 Å². The van der Waals surface area contributed by atoms with E-state index in [1.807, 2.05) is 13.8 Å². The monoisotopic (exact) mass is 203 g/mol. The third-order valence-electron chi connectivity index (χ3n) is 2.36. The van der Waals surface area contributed by atoms with E-state index in [1.54, 1.807) is 12.1 Å². The van der Waals surface area contributed by atoms with Crippen LogP contribution in [0.4, 0.5) is 0 Å². The van der Waals surface area contributed by atoms with Gasteiger partial charge in [0.15, 0.2) is 0 Å². The lowest BCUT2D eigenvalue weighted by molar-refractivity contribution is 0.0599. The van der Waals surface area contributed by atoms with Crippen molar-refractivity contribution in [2.45, 2.75) is 20.3 Å².